The van der Waals surface area contributed by atoms with Crippen LogP contribution in [0, 0.1) is 5.82 Å². The van der Waals surface area contributed by atoms with E-state index in [2.05, 4.69) is 25.3 Å². The molecule has 3 heterocycles. The molecule has 39 heavy (non-hydrogen) atoms. The molecular weight excluding hydrogens is 509 g/mol. The number of ether oxygens (including phenoxy) is 2. The molecule has 1 saturated heterocycles. The second-order valence-corrected chi connectivity index (χ2v) is 9.31. The van der Waals surface area contributed by atoms with Crippen molar-refractivity contribution in [3.05, 3.63) is 42.0 Å². The minimum absolute atomic E-state index is 0.105. The van der Waals surface area contributed by atoms with Crippen LogP contribution in [0.3, 0.4) is 0 Å². The lowest BCUT2D eigenvalue weighted by atomic mass is 10.1. The lowest BCUT2D eigenvalue weighted by Gasteiger charge is -2.39. The first kappa shape index (κ1) is 26.1. The van der Waals surface area contributed by atoms with Gasteiger partial charge in [-0.2, -0.15) is 5.10 Å². The number of nitrogens with zero attached hydrogens (tertiary/aromatic N) is 6. The first-order valence-corrected chi connectivity index (χ1v) is 12.3. The van der Waals surface area contributed by atoms with Crippen molar-refractivity contribution in [1.82, 2.24) is 30.0 Å². The van der Waals surface area contributed by atoms with Crippen LogP contribution in [-0.4, -0.2) is 88.4 Å². The van der Waals surface area contributed by atoms with E-state index in [1.807, 2.05) is 19.1 Å². The number of anilines is 1. The molecule has 204 valence electrons. The first-order valence-electron chi connectivity index (χ1n) is 12.3. The van der Waals surface area contributed by atoms with E-state index in [1.54, 1.807) is 25.4 Å². The van der Waals surface area contributed by atoms with E-state index in [0.29, 0.717) is 35.9 Å². The Kier molecular flexibility index (Phi) is 6.91. The topological polar surface area (TPSA) is 135 Å². The smallest absolute Gasteiger partial charge is 0.407 e. The van der Waals surface area contributed by atoms with Crippen molar-refractivity contribution in [3.8, 4) is 17.1 Å². The summed E-state index contributed by atoms with van der Waals surface area (Å²) in [6, 6.07) is 6.92. The van der Waals surface area contributed by atoms with Crippen molar-refractivity contribution < 1.29 is 28.6 Å². The Morgan fingerprint density at radius 2 is 2.03 bits per heavy atom. The largest absolute Gasteiger partial charge is 0.465 e. The summed E-state index contributed by atoms with van der Waals surface area (Å²) in [5.41, 5.74) is 1.78. The van der Waals surface area contributed by atoms with Crippen LogP contribution in [0.4, 0.5) is 14.9 Å². The summed E-state index contributed by atoms with van der Waals surface area (Å²) in [5.74, 6) is -1.15. The predicted octanol–water partition coefficient (Wildman–Crippen LogP) is 2.85. The number of hydrogen-bond donors (Lipinski definition) is 2. The average molecular weight is 538 g/mol. The molecule has 1 fully saturated rings. The van der Waals surface area contributed by atoms with Gasteiger partial charge in [-0.05, 0) is 31.2 Å². The van der Waals surface area contributed by atoms with Gasteiger partial charge >= 0.3 is 6.09 Å². The SMILES string of the molecule is CNC(=O)c1nc(-c2cc3cn(C)nc3c(F)c2OCOC)nc2ccc(N3CCN(C(=O)O)[C@@H](C)C3)cc12. The van der Waals surface area contributed by atoms with Gasteiger partial charge in [0.15, 0.2) is 24.2 Å². The van der Waals surface area contributed by atoms with Gasteiger partial charge in [-0.3, -0.25) is 9.48 Å². The van der Waals surface area contributed by atoms with Gasteiger partial charge in [0.2, 0.25) is 0 Å². The molecule has 1 aliphatic rings. The van der Waals surface area contributed by atoms with Crippen LogP contribution in [-0.2, 0) is 11.8 Å². The molecule has 13 heteroatoms. The summed E-state index contributed by atoms with van der Waals surface area (Å²) in [6.07, 6.45) is 0.721. The molecule has 0 radical (unpaired) electrons. The van der Waals surface area contributed by atoms with Crippen molar-refractivity contribution in [1.29, 1.82) is 0 Å². The maximum absolute atomic E-state index is 15.5. The number of carbonyl (C=O) groups excluding carboxylic acids is 1. The molecule has 0 spiro atoms. The molecule has 12 nitrogen and oxygen atoms in total. The lowest BCUT2D eigenvalue weighted by molar-refractivity contribution is 0.0489. The Hall–Kier alpha value is -4.52. The van der Waals surface area contributed by atoms with Crippen molar-refractivity contribution in [3.63, 3.8) is 0 Å². The normalized spacial score (nSPS) is 15.7. The molecule has 1 atom stereocenters. The summed E-state index contributed by atoms with van der Waals surface area (Å²) in [4.78, 5) is 37.1. The monoisotopic (exact) mass is 537 g/mol. The van der Waals surface area contributed by atoms with Gasteiger partial charge in [-0.25, -0.2) is 19.2 Å². The summed E-state index contributed by atoms with van der Waals surface area (Å²) in [6.45, 7) is 3.00. The van der Waals surface area contributed by atoms with Crippen molar-refractivity contribution in [2.75, 3.05) is 45.5 Å². The predicted molar refractivity (Wildman–Crippen MR) is 142 cm³/mol. The minimum atomic E-state index is -0.946. The number of aryl methyl sites for hydroxylation is 1. The number of carboxylic acid groups (broad SMARTS) is 1. The molecule has 0 aliphatic carbocycles. The number of halogens is 1. The number of fused-ring (bicyclic) bond motifs is 2. The zero-order chi connectivity index (χ0) is 27.8. The fourth-order valence-electron chi connectivity index (χ4n) is 4.86. The van der Waals surface area contributed by atoms with E-state index in [0.717, 1.165) is 5.69 Å². The number of rotatable bonds is 6. The summed E-state index contributed by atoms with van der Waals surface area (Å²) < 4.78 is 27.6. The Labute approximate surface area is 222 Å². The highest BCUT2D eigenvalue weighted by atomic mass is 19.1. The zero-order valence-electron chi connectivity index (χ0n) is 21.9. The van der Waals surface area contributed by atoms with Crippen molar-refractivity contribution in [2.45, 2.75) is 13.0 Å². The molecule has 0 unspecified atom stereocenters. The zero-order valence-corrected chi connectivity index (χ0v) is 21.9. The Bertz CT molecular complexity index is 1590. The number of carbonyl (C=O) groups is 2. The van der Waals surface area contributed by atoms with E-state index in [-0.39, 0.29) is 41.2 Å². The second-order valence-electron chi connectivity index (χ2n) is 9.31. The first-order chi connectivity index (χ1) is 18.7. The molecule has 5 rings (SSSR count). The molecule has 0 saturated carbocycles. The molecule has 2 N–H and O–H groups in total. The quantitative estimate of drug-likeness (QED) is 0.356. The number of benzene rings is 2. The molecular formula is C26H28FN7O5. The van der Waals surface area contributed by atoms with Gasteiger partial charge in [-0.15, -0.1) is 0 Å². The van der Waals surface area contributed by atoms with Crippen LogP contribution in [0.15, 0.2) is 30.5 Å². The van der Waals surface area contributed by atoms with Gasteiger partial charge < -0.3 is 29.7 Å². The number of amides is 2. The highest BCUT2D eigenvalue weighted by Crippen LogP contribution is 2.37. The third kappa shape index (κ3) is 4.76. The highest BCUT2D eigenvalue weighted by molar-refractivity contribution is 6.06. The summed E-state index contributed by atoms with van der Waals surface area (Å²) in [7, 11) is 4.61. The molecule has 2 aromatic carbocycles. The average Bonchev–Trinajstić information content (AvgIpc) is 3.31. The van der Waals surface area contributed by atoms with Crippen LogP contribution in [0.5, 0.6) is 5.75 Å². The molecule has 0 bridgehead atoms. The molecule has 4 aromatic rings. The van der Waals surface area contributed by atoms with Crippen LogP contribution in [0.25, 0.3) is 33.2 Å². The number of piperazine rings is 1. The van der Waals surface area contributed by atoms with Crippen LogP contribution < -0.4 is 15.0 Å². The fraction of sp³-hybridized carbons (Fsp3) is 0.346. The Morgan fingerprint density at radius 3 is 2.72 bits per heavy atom. The van der Waals surface area contributed by atoms with Crippen LogP contribution >= 0.6 is 0 Å². The van der Waals surface area contributed by atoms with Crippen LogP contribution in [0.1, 0.15) is 17.4 Å². The third-order valence-electron chi connectivity index (χ3n) is 6.73. The number of nitrogens with one attached hydrogen (secondary N) is 1. The second kappa shape index (κ2) is 10.3. The van der Waals surface area contributed by atoms with Gasteiger partial charge in [0.1, 0.15) is 11.2 Å². The Morgan fingerprint density at radius 1 is 1.23 bits per heavy atom. The van der Waals surface area contributed by atoms with E-state index >= 15 is 4.39 Å². The number of hydrogen-bond acceptors (Lipinski definition) is 8. The Balaban J connectivity index is 1.63. The minimum Gasteiger partial charge on any atom is -0.465 e. The van der Waals surface area contributed by atoms with E-state index in [4.69, 9.17) is 9.47 Å². The summed E-state index contributed by atoms with van der Waals surface area (Å²) in [5, 5.41) is 17.2. The lowest BCUT2D eigenvalue weighted by Crippen LogP contribution is -2.53. The molecule has 1 aliphatic heterocycles. The number of methoxy groups -OCH3 is 1. The maximum Gasteiger partial charge on any atom is 0.407 e. The molecule has 2 amide bonds. The summed E-state index contributed by atoms with van der Waals surface area (Å²) >= 11 is 0. The van der Waals surface area contributed by atoms with Crippen molar-refractivity contribution >= 4 is 39.5 Å². The van der Waals surface area contributed by atoms with Crippen LogP contribution in [0.2, 0.25) is 0 Å². The van der Waals surface area contributed by atoms with Gasteiger partial charge in [0.05, 0.1) is 11.1 Å². The van der Waals surface area contributed by atoms with Gasteiger partial charge in [0.25, 0.3) is 5.91 Å². The van der Waals surface area contributed by atoms with E-state index in [9.17, 15) is 14.7 Å². The number of aromatic nitrogens is 4. The van der Waals surface area contributed by atoms with E-state index < -0.39 is 17.8 Å². The van der Waals surface area contributed by atoms with Gasteiger partial charge in [-0.1, -0.05) is 0 Å². The maximum atomic E-state index is 15.5. The van der Waals surface area contributed by atoms with Gasteiger partial charge in [0, 0.05) is 69.5 Å². The molecule has 2 aromatic heterocycles. The highest BCUT2D eigenvalue weighted by Gasteiger charge is 2.28. The standard InChI is InChI=1S/C26H28FN7O5/c1-14-11-33(7-8-34(14)26(36)37)16-5-6-19-17(10-16)22(25(35)28-2)30-24(29-19)18-9-15-12-32(3)31-21(15)20(27)23(18)39-13-38-4/h5-6,9-10,12,14H,7-8,11,13H2,1-4H3,(H,28,35)(H,36,37)/t14-/m0/s1. The van der Waals surface area contributed by atoms with Crippen molar-refractivity contribution in [2.24, 2.45) is 7.05 Å². The fourth-order valence-corrected chi connectivity index (χ4v) is 4.86. The third-order valence-corrected chi connectivity index (χ3v) is 6.73. The van der Waals surface area contributed by atoms with E-state index in [1.165, 1.54) is 23.7 Å².